The number of nitrogens with zero attached hydrogens (tertiary/aromatic N) is 1. The topological polar surface area (TPSA) is 54.0 Å². The smallest absolute Gasteiger partial charge is 0.161 e. The van der Waals surface area contributed by atoms with Crippen LogP contribution in [0.2, 0.25) is 5.02 Å². The van der Waals surface area contributed by atoms with Gasteiger partial charge in [-0.25, -0.2) is 0 Å². The van der Waals surface area contributed by atoms with Gasteiger partial charge in [-0.05, 0) is 76.2 Å². The van der Waals surface area contributed by atoms with Crippen molar-refractivity contribution in [1.82, 2.24) is 4.90 Å². The second-order valence-electron chi connectivity index (χ2n) is 9.15. The minimum atomic E-state index is -0.257. The molecule has 32 heavy (non-hydrogen) atoms. The molecule has 1 heterocycles. The molecule has 4 rings (SSSR count). The van der Waals surface area contributed by atoms with E-state index in [1.807, 2.05) is 30.3 Å². The van der Waals surface area contributed by atoms with E-state index in [4.69, 9.17) is 21.1 Å². The summed E-state index contributed by atoms with van der Waals surface area (Å²) in [5.41, 5.74) is 2.77. The van der Waals surface area contributed by atoms with E-state index >= 15 is 0 Å². The molecule has 0 amide bonds. The summed E-state index contributed by atoms with van der Waals surface area (Å²) in [6.45, 7) is 5.30. The van der Waals surface area contributed by atoms with Crippen molar-refractivity contribution in [1.29, 1.82) is 0 Å². The van der Waals surface area contributed by atoms with E-state index in [1.165, 1.54) is 0 Å². The summed E-state index contributed by atoms with van der Waals surface area (Å²) in [7, 11) is 5.51. The van der Waals surface area contributed by atoms with Crippen LogP contribution in [0.15, 0.2) is 48.2 Å². The number of piperidine rings is 1. The summed E-state index contributed by atoms with van der Waals surface area (Å²) in [6.07, 6.45) is 4.00. The van der Waals surface area contributed by atoms with Crippen molar-refractivity contribution in [3.63, 3.8) is 0 Å². The molecule has 2 N–H and O–H groups in total. The highest BCUT2D eigenvalue weighted by Crippen LogP contribution is 2.55. The maximum absolute atomic E-state index is 11.3. The number of aromatic hydroxyl groups is 1. The lowest BCUT2D eigenvalue weighted by atomic mass is 9.57. The molecule has 1 aliphatic carbocycles. The van der Waals surface area contributed by atoms with Crippen molar-refractivity contribution in [2.75, 3.05) is 33.1 Å². The minimum absolute atomic E-state index is 0.0460. The van der Waals surface area contributed by atoms with Gasteiger partial charge in [0.25, 0.3) is 0 Å². The van der Waals surface area contributed by atoms with Crippen molar-refractivity contribution >= 4 is 17.3 Å². The molecular formula is C26H33ClN2O3. The fourth-order valence-electron chi connectivity index (χ4n) is 5.75. The van der Waals surface area contributed by atoms with Gasteiger partial charge < -0.3 is 24.8 Å². The lowest BCUT2D eigenvalue weighted by Gasteiger charge is -2.54. The fourth-order valence-corrected chi connectivity index (χ4v) is 5.94. The van der Waals surface area contributed by atoms with E-state index < -0.39 is 0 Å². The molecule has 1 aliphatic heterocycles. The number of methoxy groups -OCH3 is 2. The molecule has 5 nitrogen and oxygen atoms in total. The Balaban J connectivity index is 1.86. The van der Waals surface area contributed by atoms with Gasteiger partial charge in [-0.3, -0.25) is 0 Å². The predicted octanol–water partition coefficient (Wildman–Crippen LogP) is 5.36. The van der Waals surface area contributed by atoms with Crippen molar-refractivity contribution < 1.29 is 14.6 Å². The Morgan fingerprint density at radius 1 is 1.19 bits per heavy atom. The van der Waals surface area contributed by atoms with Crippen LogP contribution in [0.5, 0.6) is 11.5 Å². The van der Waals surface area contributed by atoms with Crippen LogP contribution in [0.1, 0.15) is 30.9 Å². The van der Waals surface area contributed by atoms with Crippen LogP contribution in [0, 0.1) is 12.8 Å². The number of phenols is 1. The highest BCUT2D eigenvalue weighted by Gasteiger charge is 2.52. The van der Waals surface area contributed by atoms with Crippen LogP contribution in [-0.2, 0) is 10.2 Å². The van der Waals surface area contributed by atoms with Crippen molar-refractivity contribution in [3.8, 4) is 11.5 Å². The zero-order valence-corrected chi connectivity index (χ0v) is 20.2. The molecular weight excluding hydrogens is 424 g/mol. The molecule has 4 atom stereocenters. The first kappa shape index (κ1) is 22.8. The molecule has 0 spiro atoms. The Morgan fingerprint density at radius 2 is 1.97 bits per heavy atom. The maximum Gasteiger partial charge on any atom is 0.161 e. The maximum atomic E-state index is 11.3. The first-order valence-electron chi connectivity index (χ1n) is 11.2. The van der Waals surface area contributed by atoms with Crippen LogP contribution >= 0.6 is 11.6 Å². The summed E-state index contributed by atoms with van der Waals surface area (Å²) < 4.78 is 11.4. The number of nitrogens with one attached hydrogen (secondary N) is 1. The van der Waals surface area contributed by atoms with Crippen molar-refractivity contribution in [3.05, 3.63) is 64.4 Å². The zero-order chi connectivity index (χ0) is 23.0. The second kappa shape index (κ2) is 8.87. The number of halogens is 1. The monoisotopic (exact) mass is 456 g/mol. The lowest BCUT2D eigenvalue weighted by molar-refractivity contribution is 0.0544. The summed E-state index contributed by atoms with van der Waals surface area (Å²) in [6, 6.07) is 11.9. The van der Waals surface area contributed by atoms with E-state index in [1.54, 1.807) is 14.2 Å². The molecule has 2 aliphatic rings. The lowest BCUT2D eigenvalue weighted by Crippen LogP contribution is -2.57. The van der Waals surface area contributed by atoms with Gasteiger partial charge in [-0.2, -0.15) is 0 Å². The zero-order valence-electron chi connectivity index (χ0n) is 19.5. The van der Waals surface area contributed by atoms with E-state index in [0.717, 1.165) is 42.0 Å². The third-order valence-electron chi connectivity index (χ3n) is 7.49. The number of hydrogen-bond acceptors (Lipinski definition) is 5. The molecule has 2 aromatic carbocycles. The SMILES string of the molecule is COC1=CC2C(C)N(C)CCC2(c2c(C)ccc(OC)c2O)CC1Nc1cccc(Cl)c1. The highest BCUT2D eigenvalue weighted by molar-refractivity contribution is 6.30. The number of fused-ring (bicyclic) bond motifs is 1. The summed E-state index contributed by atoms with van der Waals surface area (Å²) in [5, 5.41) is 15.6. The number of hydrogen-bond donors (Lipinski definition) is 2. The molecule has 0 bridgehead atoms. The number of aryl methyl sites for hydroxylation is 1. The van der Waals surface area contributed by atoms with E-state index in [0.29, 0.717) is 16.8 Å². The predicted molar refractivity (Wildman–Crippen MR) is 130 cm³/mol. The Bertz CT molecular complexity index is 1020. The minimum Gasteiger partial charge on any atom is -0.504 e. The molecule has 1 saturated heterocycles. The quantitative estimate of drug-likeness (QED) is 0.634. The van der Waals surface area contributed by atoms with Crippen LogP contribution in [0.4, 0.5) is 5.69 Å². The molecule has 0 saturated carbocycles. The van der Waals surface area contributed by atoms with Crippen LogP contribution < -0.4 is 10.1 Å². The second-order valence-corrected chi connectivity index (χ2v) is 9.58. The average molecular weight is 457 g/mol. The Hall–Kier alpha value is -2.37. The molecule has 6 heteroatoms. The molecule has 4 unspecified atom stereocenters. The number of phenolic OH excluding ortho intramolecular Hbond substituents is 1. The van der Waals surface area contributed by atoms with E-state index in [-0.39, 0.29) is 23.1 Å². The summed E-state index contributed by atoms with van der Waals surface area (Å²) in [4.78, 5) is 2.39. The highest BCUT2D eigenvalue weighted by atomic mass is 35.5. The molecule has 1 fully saturated rings. The largest absolute Gasteiger partial charge is 0.504 e. The number of benzene rings is 2. The standard InChI is InChI=1S/C26H33ClN2O3/c1-16-9-10-22(31-4)25(30)24(16)26-11-12-29(3)17(2)20(26)14-23(32-5)21(15-26)28-19-8-6-7-18(27)13-19/h6-10,13-14,17,20-21,28,30H,11-12,15H2,1-5H3. The van der Waals surface area contributed by atoms with Gasteiger partial charge in [0.2, 0.25) is 0 Å². The van der Waals surface area contributed by atoms with Gasteiger partial charge in [-0.15, -0.1) is 0 Å². The molecule has 2 aromatic rings. The van der Waals surface area contributed by atoms with Gasteiger partial charge in [-0.1, -0.05) is 23.7 Å². The Kier molecular flexibility index (Phi) is 6.33. The van der Waals surface area contributed by atoms with E-state index in [9.17, 15) is 5.11 Å². The van der Waals surface area contributed by atoms with Crippen LogP contribution in [0.25, 0.3) is 0 Å². The summed E-state index contributed by atoms with van der Waals surface area (Å²) in [5.74, 6) is 1.88. The molecule has 0 radical (unpaired) electrons. The molecule has 0 aromatic heterocycles. The number of rotatable bonds is 5. The average Bonchev–Trinajstić information content (AvgIpc) is 2.76. The van der Waals surface area contributed by atoms with Gasteiger partial charge in [0.1, 0.15) is 5.76 Å². The van der Waals surface area contributed by atoms with Crippen LogP contribution in [0.3, 0.4) is 0 Å². The van der Waals surface area contributed by atoms with Gasteiger partial charge in [0.15, 0.2) is 11.5 Å². The number of likely N-dealkylation sites (tertiary alicyclic amines) is 1. The first-order valence-corrected chi connectivity index (χ1v) is 11.5. The number of ether oxygens (including phenoxy) is 2. The third kappa shape index (κ3) is 3.82. The number of anilines is 1. The molecule has 172 valence electrons. The van der Waals surface area contributed by atoms with E-state index in [2.05, 4.69) is 43.3 Å². The van der Waals surface area contributed by atoms with Gasteiger partial charge in [0, 0.05) is 33.6 Å². The third-order valence-corrected chi connectivity index (χ3v) is 7.72. The Labute approximate surface area is 196 Å². The van der Waals surface area contributed by atoms with Crippen molar-refractivity contribution in [2.45, 2.75) is 44.2 Å². The normalized spacial score (nSPS) is 27.9. The van der Waals surface area contributed by atoms with Gasteiger partial charge >= 0.3 is 0 Å². The van der Waals surface area contributed by atoms with Gasteiger partial charge in [0.05, 0.1) is 20.3 Å². The summed E-state index contributed by atoms with van der Waals surface area (Å²) >= 11 is 6.24. The Morgan fingerprint density at radius 3 is 2.66 bits per heavy atom. The first-order chi connectivity index (χ1) is 15.3. The fraction of sp³-hybridized carbons (Fsp3) is 0.462. The van der Waals surface area contributed by atoms with Crippen molar-refractivity contribution in [2.24, 2.45) is 5.92 Å². The van der Waals surface area contributed by atoms with Crippen LogP contribution in [-0.4, -0.2) is 49.9 Å².